The highest BCUT2D eigenvalue weighted by molar-refractivity contribution is 7.91. The summed E-state index contributed by atoms with van der Waals surface area (Å²) in [6, 6.07) is 20.5. The van der Waals surface area contributed by atoms with Gasteiger partial charge < -0.3 is 4.90 Å². The second-order valence-corrected chi connectivity index (χ2v) is 10.7. The molecule has 1 saturated carbocycles. The summed E-state index contributed by atoms with van der Waals surface area (Å²) in [7, 11) is -3.50. The lowest BCUT2D eigenvalue weighted by atomic mass is 10.1. The summed E-state index contributed by atoms with van der Waals surface area (Å²) in [5.74, 6) is 1.02. The molecule has 2 aromatic carbocycles. The average Bonchev–Trinajstić information content (AvgIpc) is 3.40. The number of piperazine rings is 1. The highest BCUT2D eigenvalue weighted by Crippen LogP contribution is 2.27. The minimum absolute atomic E-state index is 0.303. The van der Waals surface area contributed by atoms with Crippen molar-refractivity contribution in [3.63, 3.8) is 0 Å². The predicted octanol–water partition coefficient (Wildman–Crippen LogP) is 4.65. The number of hydrogen-bond acceptors (Lipinski definition) is 5. The highest BCUT2D eigenvalue weighted by Gasteiger charge is 2.26. The van der Waals surface area contributed by atoms with Crippen LogP contribution in [-0.2, 0) is 9.84 Å². The minimum atomic E-state index is -3.50. The summed E-state index contributed by atoms with van der Waals surface area (Å²) in [6.45, 7) is 4.28. The van der Waals surface area contributed by atoms with Crippen LogP contribution in [0.15, 0.2) is 82.7 Å². The van der Waals surface area contributed by atoms with Crippen LogP contribution in [0.2, 0.25) is 0 Å². The standard InChI is InChI=1S/C26H29N3O2S/c30-32(31,24-8-2-1-3-9-24)25-13-10-21(11-14-25)22-12-15-26(27-20-22)29-18-16-28(17-19-29)23-6-4-5-7-23/h1-3,8-15,20,23H,4-7,16-19H2. The Morgan fingerprint density at radius 2 is 1.34 bits per heavy atom. The molecule has 32 heavy (non-hydrogen) atoms. The van der Waals surface area contributed by atoms with Crippen molar-refractivity contribution in [3.8, 4) is 11.1 Å². The van der Waals surface area contributed by atoms with E-state index in [4.69, 9.17) is 4.98 Å². The van der Waals surface area contributed by atoms with Gasteiger partial charge in [0.2, 0.25) is 9.84 Å². The van der Waals surface area contributed by atoms with E-state index < -0.39 is 9.84 Å². The zero-order valence-corrected chi connectivity index (χ0v) is 19.0. The van der Waals surface area contributed by atoms with Crippen molar-refractivity contribution in [2.24, 2.45) is 0 Å². The number of nitrogens with zero attached hydrogens (tertiary/aromatic N) is 3. The quantitative estimate of drug-likeness (QED) is 0.570. The van der Waals surface area contributed by atoms with Gasteiger partial charge in [0.1, 0.15) is 5.82 Å². The predicted molar refractivity (Wildman–Crippen MR) is 128 cm³/mol. The van der Waals surface area contributed by atoms with Crippen molar-refractivity contribution in [3.05, 3.63) is 72.9 Å². The van der Waals surface area contributed by atoms with E-state index in [-0.39, 0.29) is 0 Å². The molecule has 5 nitrogen and oxygen atoms in total. The van der Waals surface area contributed by atoms with Crippen LogP contribution in [0.5, 0.6) is 0 Å². The number of pyridine rings is 1. The number of sulfone groups is 1. The first-order valence-corrected chi connectivity index (χ1v) is 13.0. The molecule has 6 heteroatoms. The Morgan fingerprint density at radius 1 is 0.719 bits per heavy atom. The fraction of sp³-hybridized carbons (Fsp3) is 0.346. The molecule has 0 bridgehead atoms. The van der Waals surface area contributed by atoms with Crippen molar-refractivity contribution in [2.75, 3.05) is 31.1 Å². The van der Waals surface area contributed by atoms with Crippen molar-refractivity contribution in [2.45, 2.75) is 41.5 Å². The lowest BCUT2D eigenvalue weighted by Crippen LogP contribution is -2.49. The summed E-state index contributed by atoms with van der Waals surface area (Å²) in [5, 5.41) is 0. The summed E-state index contributed by atoms with van der Waals surface area (Å²) < 4.78 is 25.6. The zero-order valence-electron chi connectivity index (χ0n) is 18.2. The molecule has 2 fully saturated rings. The van der Waals surface area contributed by atoms with Crippen molar-refractivity contribution >= 4 is 15.7 Å². The molecule has 0 unspecified atom stereocenters. The second kappa shape index (κ2) is 9.04. The van der Waals surface area contributed by atoms with E-state index in [9.17, 15) is 8.42 Å². The van der Waals surface area contributed by atoms with Crippen LogP contribution < -0.4 is 4.90 Å². The molecule has 0 N–H and O–H groups in total. The van der Waals surface area contributed by atoms with E-state index in [0.29, 0.717) is 9.79 Å². The molecule has 166 valence electrons. The summed E-state index contributed by atoms with van der Waals surface area (Å²) >= 11 is 0. The number of anilines is 1. The van der Waals surface area contributed by atoms with Gasteiger partial charge in [0, 0.05) is 44.0 Å². The topological polar surface area (TPSA) is 53.5 Å². The lowest BCUT2D eigenvalue weighted by molar-refractivity contribution is 0.187. The van der Waals surface area contributed by atoms with E-state index >= 15 is 0 Å². The first-order chi connectivity index (χ1) is 15.6. The molecular weight excluding hydrogens is 418 g/mol. The van der Waals surface area contributed by atoms with Crippen LogP contribution in [-0.4, -0.2) is 50.5 Å². The zero-order chi connectivity index (χ0) is 22.0. The molecule has 3 aromatic rings. The Kier molecular flexibility index (Phi) is 5.98. The van der Waals surface area contributed by atoms with Gasteiger partial charge in [-0.2, -0.15) is 0 Å². The maximum Gasteiger partial charge on any atom is 0.206 e. The Hall–Kier alpha value is -2.70. The number of rotatable bonds is 5. The molecule has 1 aliphatic carbocycles. The highest BCUT2D eigenvalue weighted by atomic mass is 32.2. The van der Waals surface area contributed by atoms with Gasteiger partial charge in [0.15, 0.2) is 0 Å². The van der Waals surface area contributed by atoms with Crippen LogP contribution in [0.4, 0.5) is 5.82 Å². The molecule has 0 radical (unpaired) electrons. The summed E-state index contributed by atoms with van der Waals surface area (Å²) in [4.78, 5) is 10.3. The second-order valence-electron chi connectivity index (χ2n) is 8.71. The molecule has 0 amide bonds. The Balaban J connectivity index is 1.25. The van der Waals surface area contributed by atoms with Crippen LogP contribution >= 0.6 is 0 Å². The Bertz CT molecular complexity index is 1130. The lowest BCUT2D eigenvalue weighted by Gasteiger charge is -2.38. The molecule has 5 rings (SSSR count). The van der Waals surface area contributed by atoms with Crippen molar-refractivity contribution in [1.29, 1.82) is 0 Å². The van der Waals surface area contributed by atoms with Crippen molar-refractivity contribution < 1.29 is 8.42 Å². The van der Waals surface area contributed by atoms with E-state index in [1.807, 2.05) is 24.4 Å². The van der Waals surface area contributed by atoms with Crippen LogP contribution in [0.3, 0.4) is 0 Å². The fourth-order valence-corrected chi connectivity index (χ4v) is 6.17. The van der Waals surface area contributed by atoms with Crippen molar-refractivity contribution in [1.82, 2.24) is 9.88 Å². The van der Waals surface area contributed by atoms with E-state index in [2.05, 4.69) is 21.9 Å². The van der Waals surface area contributed by atoms with Gasteiger partial charge in [-0.1, -0.05) is 43.2 Å². The van der Waals surface area contributed by atoms with Gasteiger partial charge >= 0.3 is 0 Å². The maximum absolute atomic E-state index is 12.8. The fourth-order valence-electron chi connectivity index (χ4n) is 4.89. The average molecular weight is 448 g/mol. The van der Waals surface area contributed by atoms with Gasteiger partial charge in [0.05, 0.1) is 9.79 Å². The van der Waals surface area contributed by atoms with E-state index in [0.717, 1.165) is 49.2 Å². The molecule has 2 aliphatic rings. The minimum Gasteiger partial charge on any atom is -0.354 e. The molecule has 1 saturated heterocycles. The van der Waals surface area contributed by atoms with E-state index in [1.54, 1.807) is 36.4 Å². The summed E-state index contributed by atoms with van der Waals surface area (Å²) in [6.07, 6.45) is 7.37. The van der Waals surface area contributed by atoms with Gasteiger partial charge in [-0.05, 0) is 54.8 Å². The normalized spacial score (nSPS) is 18.2. The Morgan fingerprint density at radius 3 is 1.97 bits per heavy atom. The van der Waals surface area contributed by atoms with Gasteiger partial charge in [-0.25, -0.2) is 13.4 Å². The third-order valence-corrected chi connectivity index (χ3v) is 8.56. The third kappa shape index (κ3) is 4.30. The Labute approximate surface area is 190 Å². The van der Waals surface area contributed by atoms with Crippen LogP contribution in [0.25, 0.3) is 11.1 Å². The molecule has 1 aliphatic heterocycles. The SMILES string of the molecule is O=S(=O)(c1ccccc1)c1ccc(-c2ccc(N3CCN(C4CCCC4)CC3)nc2)cc1. The molecule has 0 atom stereocenters. The molecule has 0 spiro atoms. The van der Waals surface area contributed by atoms with Crippen LogP contribution in [0.1, 0.15) is 25.7 Å². The maximum atomic E-state index is 12.8. The number of benzene rings is 2. The van der Waals surface area contributed by atoms with Gasteiger partial charge in [-0.3, -0.25) is 4.90 Å². The van der Waals surface area contributed by atoms with Crippen LogP contribution in [0, 0.1) is 0 Å². The first kappa shape index (κ1) is 21.2. The first-order valence-electron chi connectivity index (χ1n) is 11.5. The molecule has 1 aromatic heterocycles. The number of hydrogen-bond donors (Lipinski definition) is 0. The number of aromatic nitrogens is 1. The van der Waals surface area contributed by atoms with E-state index in [1.165, 1.54) is 25.7 Å². The molecular formula is C26H29N3O2S. The van der Waals surface area contributed by atoms with Gasteiger partial charge in [0.25, 0.3) is 0 Å². The monoisotopic (exact) mass is 447 g/mol. The van der Waals surface area contributed by atoms with Gasteiger partial charge in [-0.15, -0.1) is 0 Å². The smallest absolute Gasteiger partial charge is 0.206 e. The molecule has 2 heterocycles. The third-order valence-electron chi connectivity index (χ3n) is 6.78. The summed E-state index contributed by atoms with van der Waals surface area (Å²) in [5.41, 5.74) is 1.95. The largest absolute Gasteiger partial charge is 0.354 e.